The molecule has 2 saturated heterocycles. The Morgan fingerprint density at radius 1 is 0.963 bits per heavy atom. The zero-order valence-electron chi connectivity index (χ0n) is 15.5. The maximum absolute atomic E-state index is 13.4. The van der Waals surface area contributed by atoms with Crippen LogP contribution in [0.25, 0.3) is 5.69 Å². The monoisotopic (exact) mass is 373 g/mol. The molecule has 0 amide bonds. The van der Waals surface area contributed by atoms with E-state index in [9.17, 15) is 9.18 Å². The second kappa shape index (κ2) is 7.66. The molecule has 144 valence electrons. The van der Waals surface area contributed by atoms with Crippen LogP contribution in [0.4, 0.5) is 15.8 Å². The van der Waals surface area contributed by atoms with E-state index in [0.717, 1.165) is 31.9 Å². The zero-order chi connectivity index (χ0) is 18.8. The van der Waals surface area contributed by atoms with Crippen LogP contribution in [0, 0.1) is 5.82 Å². The van der Waals surface area contributed by atoms with Gasteiger partial charge in [-0.2, -0.15) is 9.78 Å². The molecule has 2 aliphatic heterocycles. The molecule has 0 radical (unpaired) electrons. The van der Waals surface area contributed by atoms with E-state index >= 15 is 0 Å². The molecule has 0 saturated carbocycles. The van der Waals surface area contributed by atoms with Gasteiger partial charge in [0.1, 0.15) is 11.5 Å². The number of piperazine rings is 1. The Hall–Kier alpha value is -2.45. The molecule has 7 nitrogen and oxygen atoms in total. The summed E-state index contributed by atoms with van der Waals surface area (Å²) >= 11 is 0. The second-order valence-corrected chi connectivity index (χ2v) is 6.96. The number of aromatic nitrogens is 2. The molecule has 4 rings (SSSR count). The highest BCUT2D eigenvalue weighted by Gasteiger charge is 2.25. The summed E-state index contributed by atoms with van der Waals surface area (Å²) in [6.07, 6.45) is 1.76. The van der Waals surface area contributed by atoms with Crippen LogP contribution in [0.1, 0.15) is 0 Å². The summed E-state index contributed by atoms with van der Waals surface area (Å²) in [4.78, 5) is 20.0. The molecule has 8 heteroatoms. The van der Waals surface area contributed by atoms with Gasteiger partial charge in [0.05, 0.1) is 30.8 Å². The van der Waals surface area contributed by atoms with Gasteiger partial charge in [-0.1, -0.05) is 0 Å². The number of ether oxygens (including phenoxy) is 1. The first kappa shape index (κ1) is 17.9. The molecule has 1 aromatic carbocycles. The molecule has 0 spiro atoms. The highest BCUT2D eigenvalue weighted by atomic mass is 19.1. The zero-order valence-corrected chi connectivity index (χ0v) is 15.5. The number of morpholine rings is 1. The van der Waals surface area contributed by atoms with Crippen molar-refractivity contribution in [3.05, 3.63) is 46.6 Å². The van der Waals surface area contributed by atoms with Gasteiger partial charge < -0.3 is 19.4 Å². The fourth-order valence-corrected chi connectivity index (χ4v) is 3.57. The topological polar surface area (TPSA) is 53.8 Å². The Balaban J connectivity index is 1.78. The molecule has 0 aliphatic carbocycles. The van der Waals surface area contributed by atoms with Gasteiger partial charge in [-0.05, 0) is 31.3 Å². The first-order chi connectivity index (χ1) is 13.1. The average Bonchev–Trinajstić information content (AvgIpc) is 2.70. The lowest BCUT2D eigenvalue weighted by atomic mass is 10.2. The highest BCUT2D eigenvalue weighted by molar-refractivity contribution is 5.70. The maximum atomic E-state index is 13.4. The molecule has 2 aliphatic rings. The fraction of sp³-hybridized carbons (Fsp3) is 0.474. The van der Waals surface area contributed by atoms with Gasteiger partial charge in [0.25, 0.3) is 5.56 Å². The molecule has 0 unspecified atom stereocenters. The van der Waals surface area contributed by atoms with E-state index in [1.54, 1.807) is 18.3 Å². The Labute approximate surface area is 157 Å². The largest absolute Gasteiger partial charge is 0.378 e. The summed E-state index contributed by atoms with van der Waals surface area (Å²) in [6.45, 7) is 6.14. The van der Waals surface area contributed by atoms with E-state index in [2.05, 4.69) is 26.8 Å². The van der Waals surface area contributed by atoms with Crippen molar-refractivity contribution in [1.29, 1.82) is 0 Å². The van der Waals surface area contributed by atoms with Crippen LogP contribution < -0.4 is 15.4 Å². The predicted octanol–water partition coefficient (Wildman–Crippen LogP) is 0.960. The van der Waals surface area contributed by atoms with Gasteiger partial charge in [-0.3, -0.25) is 4.79 Å². The summed E-state index contributed by atoms with van der Waals surface area (Å²) in [7, 11) is 2.10. The molecule has 2 aromatic rings. The number of halogens is 1. The predicted molar refractivity (Wildman–Crippen MR) is 103 cm³/mol. The van der Waals surface area contributed by atoms with Crippen LogP contribution in [0.5, 0.6) is 0 Å². The van der Waals surface area contributed by atoms with Crippen LogP contribution in [-0.4, -0.2) is 74.2 Å². The van der Waals surface area contributed by atoms with Crippen molar-refractivity contribution >= 4 is 11.4 Å². The lowest BCUT2D eigenvalue weighted by Crippen LogP contribution is -2.47. The van der Waals surface area contributed by atoms with Crippen molar-refractivity contribution in [2.24, 2.45) is 0 Å². The van der Waals surface area contributed by atoms with Crippen LogP contribution >= 0.6 is 0 Å². The third-order valence-corrected chi connectivity index (χ3v) is 5.18. The minimum absolute atomic E-state index is 0.181. The van der Waals surface area contributed by atoms with Gasteiger partial charge in [-0.25, -0.2) is 4.39 Å². The third kappa shape index (κ3) is 3.68. The minimum Gasteiger partial charge on any atom is -0.378 e. The van der Waals surface area contributed by atoms with E-state index in [4.69, 9.17) is 4.74 Å². The van der Waals surface area contributed by atoms with Crippen LogP contribution in [0.2, 0.25) is 0 Å². The summed E-state index contributed by atoms with van der Waals surface area (Å²) < 4.78 is 20.1. The number of nitrogens with zero attached hydrogens (tertiary/aromatic N) is 5. The van der Waals surface area contributed by atoms with Crippen LogP contribution in [0.3, 0.4) is 0 Å². The second-order valence-electron chi connectivity index (χ2n) is 6.96. The number of anilines is 2. The first-order valence-corrected chi connectivity index (χ1v) is 9.28. The first-order valence-electron chi connectivity index (χ1n) is 9.28. The summed E-state index contributed by atoms with van der Waals surface area (Å²) in [5, 5.41) is 4.40. The minimum atomic E-state index is -0.339. The Bertz CT molecular complexity index is 840. The normalized spacial score (nSPS) is 18.7. The number of benzene rings is 1. The lowest BCUT2D eigenvalue weighted by molar-refractivity contribution is 0.122. The van der Waals surface area contributed by atoms with Gasteiger partial charge in [-0.15, -0.1) is 0 Å². The van der Waals surface area contributed by atoms with Crippen LogP contribution in [0.15, 0.2) is 35.3 Å². The molecule has 1 aromatic heterocycles. The Morgan fingerprint density at radius 2 is 1.63 bits per heavy atom. The molecule has 3 heterocycles. The smallest absolute Gasteiger partial charge is 0.297 e. The van der Waals surface area contributed by atoms with Crippen molar-refractivity contribution in [1.82, 2.24) is 14.7 Å². The van der Waals surface area contributed by atoms with Crippen molar-refractivity contribution in [2.45, 2.75) is 0 Å². The van der Waals surface area contributed by atoms with Crippen LogP contribution in [-0.2, 0) is 4.74 Å². The van der Waals surface area contributed by atoms with E-state index in [1.165, 1.54) is 16.8 Å². The van der Waals surface area contributed by atoms with Crippen molar-refractivity contribution < 1.29 is 9.13 Å². The number of likely N-dealkylation sites (N-methyl/N-ethyl adjacent to an activating group) is 1. The van der Waals surface area contributed by atoms with Gasteiger partial charge in [0.2, 0.25) is 0 Å². The summed E-state index contributed by atoms with van der Waals surface area (Å²) in [5.74, 6) is -0.339. The van der Waals surface area contributed by atoms with Gasteiger partial charge in [0, 0.05) is 39.3 Å². The van der Waals surface area contributed by atoms with Crippen molar-refractivity contribution in [3.63, 3.8) is 0 Å². The Morgan fingerprint density at radius 3 is 2.30 bits per heavy atom. The quantitative estimate of drug-likeness (QED) is 0.799. The van der Waals surface area contributed by atoms with Crippen molar-refractivity contribution in [2.75, 3.05) is 69.3 Å². The average molecular weight is 373 g/mol. The number of hydrogen-bond acceptors (Lipinski definition) is 6. The molecule has 0 bridgehead atoms. The molecule has 0 atom stereocenters. The summed E-state index contributed by atoms with van der Waals surface area (Å²) in [6, 6.07) is 5.82. The number of hydrogen-bond donors (Lipinski definition) is 0. The van der Waals surface area contributed by atoms with E-state index in [1.807, 2.05) is 0 Å². The van der Waals surface area contributed by atoms with Gasteiger partial charge >= 0.3 is 0 Å². The molecule has 27 heavy (non-hydrogen) atoms. The third-order valence-electron chi connectivity index (χ3n) is 5.18. The SMILES string of the molecule is CN1CCN(c2cnn(-c3ccc(F)cc3)c(=O)c2N2CCOCC2)CC1. The highest BCUT2D eigenvalue weighted by Crippen LogP contribution is 2.27. The van der Waals surface area contributed by atoms with Gasteiger partial charge in [0.15, 0.2) is 0 Å². The molecule has 0 N–H and O–H groups in total. The van der Waals surface area contributed by atoms with E-state index in [-0.39, 0.29) is 11.4 Å². The Kier molecular flexibility index (Phi) is 5.09. The van der Waals surface area contributed by atoms with E-state index < -0.39 is 0 Å². The molecular weight excluding hydrogens is 349 g/mol. The van der Waals surface area contributed by atoms with Crippen molar-refractivity contribution in [3.8, 4) is 5.69 Å². The maximum Gasteiger partial charge on any atom is 0.297 e. The lowest BCUT2D eigenvalue weighted by Gasteiger charge is -2.37. The fourth-order valence-electron chi connectivity index (χ4n) is 3.57. The van der Waals surface area contributed by atoms with E-state index in [0.29, 0.717) is 37.7 Å². The molecule has 2 fully saturated rings. The standard InChI is InChI=1S/C19H24FN5O2/c1-22-6-8-23(9-7-22)17-14-21-25(16-4-2-15(20)3-5-16)19(26)18(17)24-10-12-27-13-11-24/h2-5,14H,6-13H2,1H3. The number of rotatable bonds is 3. The summed E-state index contributed by atoms with van der Waals surface area (Å²) in [5.41, 5.74) is 1.90. The molecular formula is C19H24FN5O2.